The number of ether oxygens (including phenoxy) is 1. The van der Waals surface area contributed by atoms with Gasteiger partial charge in [-0.3, -0.25) is 4.79 Å². The van der Waals surface area contributed by atoms with Crippen LogP contribution in [0.5, 0.6) is 5.75 Å². The molecule has 0 unspecified atom stereocenters. The maximum Gasteiger partial charge on any atom is 0.335 e. The number of hydrogen-bond acceptors (Lipinski definition) is 3. The molecule has 0 heterocycles. The van der Waals surface area contributed by atoms with Crippen LogP contribution in [0.2, 0.25) is 0 Å². The molecule has 0 spiro atoms. The molecule has 5 heteroatoms. The van der Waals surface area contributed by atoms with Crippen molar-refractivity contribution in [2.45, 2.75) is 33.2 Å². The molecular formula is C14H19NO4. The van der Waals surface area contributed by atoms with Crippen LogP contribution in [-0.4, -0.2) is 29.6 Å². The van der Waals surface area contributed by atoms with Gasteiger partial charge >= 0.3 is 5.97 Å². The fraction of sp³-hybridized carbons (Fsp3) is 0.429. The highest BCUT2D eigenvalue weighted by atomic mass is 16.5. The smallest absolute Gasteiger partial charge is 0.335 e. The number of carboxylic acid groups (broad SMARTS) is 1. The van der Waals surface area contributed by atoms with Gasteiger partial charge in [-0.25, -0.2) is 4.79 Å². The van der Waals surface area contributed by atoms with E-state index in [9.17, 15) is 9.59 Å². The van der Waals surface area contributed by atoms with Crippen LogP contribution in [0.1, 0.15) is 36.2 Å². The molecular weight excluding hydrogens is 246 g/mol. The summed E-state index contributed by atoms with van der Waals surface area (Å²) in [5.74, 6) is -0.428. The minimum Gasteiger partial charge on any atom is -0.493 e. The van der Waals surface area contributed by atoms with Crippen LogP contribution in [0.15, 0.2) is 18.2 Å². The number of amides is 1. The highest BCUT2D eigenvalue weighted by molar-refractivity contribution is 5.88. The van der Waals surface area contributed by atoms with Crippen molar-refractivity contribution in [1.82, 2.24) is 5.32 Å². The molecule has 2 N–H and O–H groups in total. The van der Waals surface area contributed by atoms with Crippen molar-refractivity contribution in [3.05, 3.63) is 29.3 Å². The first-order chi connectivity index (χ1) is 8.90. The van der Waals surface area contributed by atoms with E-state index in [-0.39, 0.29) is 30.5 Å². The quantitative estimate of drug-likeness (QED) is 0.824. The van der Waals surface area contributed by atoms with E-state index in [2.05, 4.69) is 5.32 Å². The molecule has 19 heavy (non-hydrogen) atoms. The molecule has 1 aromatic rings. The van der Waals surface area contributed by atoms with Crippen LogP contribution >= 0.6 is 0 Å². The molecule has 0 saturated carbocycles. The first-order valence-corrected chi connectivity index (χ1v) is 6.16. The summed E-state index contributed by atoms with van der Waals surface area (Å²) in [6, 6.07) is 4.76. The molecule has 1 amide bonds. The monoisotopic (exact) mass is 265 g/mol. The maximum absolute atomic E-state index is 11.4. The van der Waals surface area contributed by atoms with Crippen molar-refractivity contribution >= 4 is 11.9 Å². The second-order valence-electron chi connectivity index (χ2n) is 4.61. The Hall–Kier alpha value is -2.04. The van der Waals surface area contributed by atoms with Gasteiger partial charge in [0.25, 0.3) is 0 Å². The van der Waals surface area contributed by atoms with Gasteiger partial charge in [-0.1, -0.05) is 0 Å². The minimum atomic E-state index is -0.967. The van der Waals surface area contributed by atoms with E-state index in [1.165, 1.54) is 6.07 Å². The zero-order chi connectivity index (χ0) is 14.4. The third-order valence-corrected chi connectivity index (χ3v) is 2.46. The largest absolute Gasteiger partial charge is 0.493 e. The zero-order valence-electron chi connectivity index (χ0n) is 11.4. The second-order valence-corrected chi connectivity index (χ2v) is 4.61. The van der Waals surface area contributed by atoms with Crippen molar-refractivity contribution in [2.24, 2.45) is 0 Å². The minimum absolute atomic E-state index is 0.0604. The number of carbonyl (C=O) groups is 2. The lowest BCUT2D eigenvalue weighted by Crippen LogP contribution is -2.31. The maximum atomic E-state index is 11.4. The summed E-state index contributed by atoms with van der Waals surface area (Å²) in [7, 11) is 0. The SMILES string of the molecule is Cc1cc(C(=O)O)ccc1OCCC(=O)NC(C)C. The van der Waals surface area contributed by atoms with Crippen molar-refractivity contribution < 1.29 is 19.4 Å². The number of rotatable bonds is 6. The summed E-state index contributed by atoms with van der Waals surface area (Å²) in [6.07, 6.45) is 0.276. The number of carbonyl (C=O) groups excluding carboxylic acids is 1. The summed E-state index contributed by atoms with van der Waals surface area (Å²) < 4.78 is 5.47. The normalized spacial score (nSPS) is 10.3. The summed E-state index contributed by atoms with van der Waals surface area (Å²) in [5.41, 5.74) is 0.964. The Labute approximate surface area is 112 Å². The van der Waals surface area contributed by atoms with Crippen molar-refractivity contribution in [3.8, 4) is 5.75 Å². The average Bonchev–Trinajstić information content (AvgIpc) is 2.29. The lowest BCUT2D eigenvalue weighted by atomic mass is 10.1. The number of nitrogens with one attached hydrogen (secondary N) is 1. The standard InChI is InChI=1S/C14H19NO4/c1-9(2)15-13(16)6-7-19-12-5-4-11(14(17)18)8-10(12)3/h4-5,8-9H,6-7H2,1-3H3,(H,15,16)(H,17,18). The van der Waals surface area contributed by atoms with E-state index < -0.39 is 5.97 Å². The molecule has 0 fully saturated rings. The molecule has 0 saturated heterocycles. The molecule has 0 aromatic heterocycles. The summed E-state index contributed by atoms with van der Waals surface area (Å²) in [6.45, 7) is 5.84. The lowest BCUT2D eigenvalue weighted by Gasteiger charge is -2.11. The number of aryl methyl sites for hydroxylation is 1. The zero-order valence-corrected chi connectivity index (χ0v) is 11.4. The molecule has 0 aliphatic rings. The third-order valence-electron chi connectivity index (χ3n) is 2.46. The number of benzene rings is 1. The van der Waals surface area contributed by atoms with Crippen molar-refractivity contribution in [3.63, 3.8) is 0 Å². The molecule has 1 rings (SSSR count). The van der Waals surface area contributed by atoms with Gasteiger partial charge in [0.2, 0.25) is 5.91 Å². The topological polar surface area (TPSA) is 75.6 Å². The van der Waals surface area contributed by atoms with Gasteiger partial charge in [-0.2, -0.15) is 0 Å². The second kappa shape index (κ2) is 6.78. The molecule has 0 atom stereocenters. The molecule has 0 bridgehead atoms. The fourth-order valence-corrected chi connectivity index (χ4v) is 1.59. The Morgan fingerprint density at radius 1 is 1.37 bits per heavy atom. The van der Waals surface area contributed by atoms with Crippen LogP contribution in [-0.2, 0) is 4.79 Å². The van der Waals surface area contributed by atoms with Crippen LogP contribution in [0, 0.1) is 6.92 Å². The molecule has 5 nitrogen and oxygen atoms in total. The van der Waals surface area contributed by atoms with Gasteiger partial charge in [-0.15, -0.1) is 0 Å². The number of aromatic carboxylic acids is 1. The van der Waals surface area contributed by atoms with E-state index in [1.807, 2.05) is 13.8 Å². The van der Waals surface area contributed by atoms with Gasteiger partial charge in [0, 0.05) is 6.04 Å². The van der Waals surface area contributed by atoms with Gasteiger partial charge in [-0.05, 0) is 44.5 Å². The first kappa shape index (κ1) is 15.0. The van der Waals surface area contributed by atoms with Crippen LogP contribution < -0.4 is 10.1 Å². The molecule has 104 valence electrons. The lowest BCUT2D eigenvalue weighted by molar-refractivity contribution is -0.122. The highest BCUT2D eigenvalue weighted by Gasteiger charge is 2.08. The van der Waals surface area contributed by atoms with E-state index in [0.717, 1.165) is 5.56 Å². The van der Waals surface area contributed by atoms with Crippen LogP contribution in [0.25, 0.3) is 0 Å². The molecule has 1 aromatic carbocycles. The Bertz CT molecular complexity index is 469. The van der Waals surface area contributed by atoms with Crippen molar-refractivity contribution in [1.29, 1.82) is 0 Å². The Balaban J connectivity index is 2.50. The first-order valence-electron chi connectivity index (χ1n) is 6.16. The average molecular weight is 265 g/mol. The summed E-state index contributed by atoms with van der Waals surface area (Å²) in [4.78, 5) is 22.2. The number of carboxylic acids is 1. The Kier molecular flexibility index (Phi) is 5.36. The van der Waals surface area contributed by atoms with E-state index in [1.54, 1.807) is 19.1 Å². The summed E-state index contributed by atoms with van der Waals surface area (Å²) in [5, 5.41) is 11.6. The van der Waals surface area contributed by atoms with Crippen molar-refractivity contribution in [2.75, 3.05) is 6.61 Å². The van der Waals surface area contributed by atoms with E-state index >= 15 is 0 Å². The Morgan fingerprint density at radius 3 is 2.58 bits per heavy atom. The molecule has 0 aliphatic carbocycles. The van der Waals surface area contributed by atoms with E-state index in [0.29, 0.717) is 5.75 Å². The molecule has 0 aliphatic heterocycles. The Morgan fingerprint density at radius 2 is 2.05 bits per heavy atom. The predicted octanol–water partition coefficient (Wildman–Crippen LogP) is 1.99. The van der Waals surface area contributed by atoms with Gasteiger partial charge in [0.15, 0.2) is 0 Å². The highest BCUT2D eigenvalue weighted by Crippen LogP contribution is 2.19. The van der Waals surface area contributed by atoms with Crippen LogP contribution in [0.3, 0.4) is 0 Å². The van der Waals surface area contributed by atoms with Gasteiger partial charge < -0.3 is 15.2 Å². The van der Waals surface area contributed by atoms with Crippen LogP contribution in [0.4, 0.5) is 0 Å². The van der Waals surface area contributed by atoms with E-state index in [4.69, 9.17) is 9.84 Å². The number of hydrogen-bond donors (Lipinski definition) is 2. The predicted molar refractivity (Wildman–Crippen MR) is 71.5 cm³/mol. The van der Waals surface area contributed by atoms with Gasteiger partial charge in [0.05, 0.1) is 18.6 Å². The summed E-state index contributed by atoms with van der Waals surface area (Å²) >= 11 is 0. The molecule has 0 radical (unpaired) electrons. The third kappa shape index (κ3) is 4.99. The van der Waals surface area contributed by atoms with Gasteiger partial charge in [0.1, 0.15) is 5.75 Å². The fourth-order valence-electron chi connectivity index (χ4n) is 1.59.